The lowest BCUT2D eigenvalue weighted by Gasteiger charge is -2.18. The molecule has 0 aliphatic carbocycles. The summed E-state index contributed by atoms with van der Waals surface area (Å²) in [6.07, 6.45) is 1.15. The van der Waals surface area contributed by atoms with Crippen molar-refractivity contribution >= 4 is 5.82 Å². The third kappa shape index (κ3) is 2.96. The Morgan fingerprint density at radius 1 is 1.53 bits per heavy atom. The number of pyridine rings is 1. The molecule has 1 aromatic rings. The Hall–Kier alpha value is -1.13. The van der Waals surface area contributed by atoms with Crippen LogP contribution in [0.2, 0.25) is 0 Å². The molecule has 0 bridgehead atoms. The van der Waals surface area contributed by atoms with Crippen LogP contribution in [0.25, 0.3) is 0 Å². The summed E-state index contributed by atoms with van der Waals surface area (Å²) in [6.45, 7) is 4.87. The lowest BCUT2D eigenvalue weighted by molar-refractivity contribution is 0.161. The second-order valence-electron chi connectivity index (χ2n) is 4.69. The largest absolute Gasteiger partial charge is 0.392 e. The molecule has 2 heterocycles. The number of aliphatic hydroxyl groups excluding tert-OH is 1. The first-order chi connectivity index (χ1) is 8.22. The predicted molar refractivity (Wildman–Crippen MR) is 67.1 cm³/mol. The van der Waals surface area contributed by atoms with Crippen molar-refractivity contribution in [3.05, 3.63) is 23.4 Å². The fraction of sp³-hybridized carbons (Fsp3) is 0.615. The summed E-state index contributed by atoms with van der Waals surface area (Å²) in [5.41, 5.74) is 1.89. The van der Waals surface area contributed by atoms with Gasteiger partial charge in [0.2, 0.25) is 0 Å². The summed E-state index contributed by atoms with van der Waals surface area (Å²) < 4.78 is 5.19. The van der Waals surface area contributed by atoms with Gasteiger partial charge in [0.05, 0.1) is 13.2 Å². The third-order valence-corrected chi connectivity index (χ3v) is 3.19. The molecule has 4 nitrogen and oxygen atoms in total. The fourth-order valence-corrected chi connectivity index (χ4v) is 2.39. The quantitative estimate of drug-likeness (QED) is 0.857. The smallest absolute Gasteiger partial charge is 0.129 e. The molecule has 1 saturated heterocycles. The Morgan fingerprint density at radius 2 is 2.35 bits per heavy atom. The summed E-state index contributed by atoms with van der Waals surface area (Å²) in [6, 6.07) is 3.90. The molecule has 2 rings (SSSR count). The predicted octanol–water partition coefficient (Wildman–Crippen LogP) is 1.36. The number of methoxy groups -OCH3 is 1. The van der Waals surface area contributed by atoms with Crippen molar-refractivity contribution in [2.45, 2.75) is 20.0 Å². The molecule has 0 spiro atoms. The Kier molecular flexibility index (Phi) is 3.97. The lowest BCUT2D eigenvalue weighted by Crippen LogP contribution is -2.22. The number of anilines is 1. The van der Waals surface area contributed by atoms with Gasteiger partial charge in [0.15, 0.2) is 0 Å². The highest BCUT2D eigenvalue weighted by molar-refractivity contribution is 5.43. The molecule has 0 radical (unpaired) electrons. The van der Waals surface area contributed by atoms with Crippen LogP contribution >= 0.6 is 0 Å². The number of rotatable bonds is 4. The molecule has 0 aromatic carbocycles. The maximum Gasteiger partial charge on any atom is 0.129 e. The maximum absolute atomic E-state index is 9.20. The van der Waals surface area contributed by atoms with E-state index >= 15 is 0 Å². The van der Waals surface area contributed by atoms with Gasteiger partial charge in [-0.15, -0.1) is 0 Å². The minimum absolute atomic E-state index is 0.0751. The number of nitrogens with zero attached hydrogens (tertiary/aromatic N) is 2. The molecule has 0 saturated carbocycles. The number of aromatic nitrogens is 1. The van der Waals surface area contributed by atoms with E-state index in [9.17, 15) is 5.11 Å². The molecule has 0 amide bonds. The van der Waals surface area contributed by atoms with Gasteiger partial charge >= 0.3 is 0 Å². The van der Waals surface area contributed by atoms with Gasteiger partial charge in [-0.2, -0.15) is 0 Å². The molecule has 1 unspecified atom stereocenters. The second-order valence-corrected chi connectivity index (χ2v) is 4.69. The Labute approximate surface area is 102 Å². The van der Waals surface area contributed by atoms with Gasteiger partial charge in [-0.25, -0.2) is 4.98 Å². The Bertz CT molecular complexity index is 382. The summed E-state index contributed by atoms with van der Waals surface area (Å²) >= 11 is 0. The van der Waals surface area contributed by atoms with Crippen LogP contribution in [0.15, 0.2) is 12.1 Å². The SMILES string of the molecule is COCC1CCN(c2cc(CO)cc(C)n2)C1. The van der Waals surface area contributed by atoms with Crippen LogP contribution < -0.4 is 4.90 Å². The molecule has 4 heteroatoms. The van der Waals surface area contributed by atoms with E-state index in [4.69, 9.17) is 4.74 Å². The van der Waals surface area contributed by atoms with Crippen LogP contribution in [0.4, 0.5) is 5.82 Å². The van der Waals surface area contributed by atoms with E-state index < -0.39 is 0 Å². The molecule has 1 aliphatic rings. The number of hydrogen-bond acceptors (Lipinski definition) is 4. The summed E-state index contributed by atoms with van der Waals surface area (Å²) in [5, 5.41) is 9.20. The van der Waals surface area contributed by atoms with Crippen molar-refractivity contribution in [1.82, 2.24) is 4.98 Å². The van der Waals surface area contributed by atoms with Crippen molar-refractivity contribution < 1.29 is 9.84 Å². The van der Waals surface area contributed by atoms with Gasteiger partial charge < -0.3 is 14.7 Å². The Balaban J connectivity index is 2.10. The average Bonchev–Trinajstić information content (AvgIpc) is 2.77. The molecular weight excluding hydrogens is 216 g/mol. The normalized spacial score (nSPS) is 19.9. The highest BCUT2D eigenvalue weighted by atomic mass is 16.5. The molecule has 1 aromatic heterocycles. The van der Waals surface area contributed by atoms with Crippen molar-refractivity contribution in [3.8, 4) is 0 Å². The molecular formula is C13H20N2O2. The van der Waals surface area contributed by atoms with E-state index in [1.807, 2.05) is 19.1 Å². The zero-order chi connectivity index (χ0) is 12.3. The highest BCUT2D eigenvalue weighted by Gasteiger charge is 2.23. The minimum atomic E-state index is 0.0751. The first kappa shape index (κ1) is 12.3. The van der Waals surface area contributed by atoms with Crippen LogP contribution in [-0.4, -0.2) is 36.9 Å². The van der Waals surface area contributed by atoms with Crippen LogP contribution in [0.1, 0.15) is 17.7 Å². The lowest BCUT2D eigenvalue weighted by atomic mass is 10.1. The van der Waals surface area contributed by atoms with Crippen molar-refractivity contribution in [2.75, 3.05) is 31.7 Å². The Morgan fingerprint density at radius 3 is 3.06 bits per heavy atom. The van der Waals surface area contributed by atoms with Gasteiger partial charge in [0.25, 0.3) is 0 Å². The van der Waals surface area contributed by atoms with Gasteiger partial charge in [-0.3, -0.25) is 0 Å². The number of ether oxygens (including phenoxy) is 1. The van der Waals surface area contributed by atoms with Crippen molar-refractivity contribution in [1.29, 1.82) is 0 Å². The van der Waals surface area contributed by atoms with E-state index in [1.54, 1.807) is 7.11 Å². The maximum atomic E-state index is 9.20. The van der Waals surface area contributed by atoms with Gasteiger partial charge in [0.1, 0.15) is 5.82 Å². The molecule has 1 fully saturated rings. The van der Waals surface area contributed by atoms with Crippen LogP contribution in [0, 0.1) is 12.8 Å². The molecule has 94 valence electrons. The standard InChI is InChI=1S/C13H20N2O2/c1-10-5-12(8-16)6-13(14-10)15-4-3-11(7-15)9-17-2/h5-6,11,16H,3-4,7-9H2,1-2H3. The monoisotopic (exact) mass is 236 g/mol. The van der Waals surface area contributed by atoms with Gasteiger partial charge in [-0.05, 0) is 31.0 Å². The third-order valence-electron chi connectivity index (χ3n) is 3.19. The van der Waals surface area contributed by atoms with E-state index in [0.29, 0.717) is 5.92 Å². The fourth-order valence-electron chi connectivity index (χ4n) is 2.39. The van der Waals surface area contributed by atoms with Crippen LogP contribution in [0.5, 0.6) is 0 Å². The van der Waals surface area contributed by atoms with E-state index in [0.717, 1.165) is 43.2 Å². The zero-order valence-electron chi connectivity index (χ0n) is 10.5. The van der Waals surface area contributed by atoms with Crippen LogP contribution in [0.3, 0.4) is 0 Å². The second kappa shape index (κ2) is 5.47. The minimum Gasteiger partial charge on any atom is -0.392 e. The molecule has 1 atom stereocenters. The average molecular weight is 236 g/mol. The van der Waals surface area contributed by atoms with Gasteiger partial charge in [-0.1, -0.05) is 0 Å². The summed E-state index contributed by atoms with van der Waals surface area (Å²) in [4.78, 5) is 6.81. The first-order valence-corrected chi connectivity index (χ1v) is 6.05. The first-order valence-electron chi connectivity index (χ1n) is 6.05. The summed E-state index contributed by atoms with van der Waals surface area (Å²) in [7, 11) is 1.75. The number of aliphatic hydroxyl groups is 1. The highest BCUT2D eigenvalue weighted by Crippen LogP contribution is 2.23. The topological polar surface area (TPSA) is 45.6 Å². The van der Waals surface area contributed by atoms with E-state index in [-0.39, 0.29) is 6.61 Å². The van der Waals surface area contributed by atoms with Crippen molar-refractivity contribution in [3.63, 3.8) is 0 Å². The van der Waals surface area contributed by atoms with Crippen LogP contribution in [-0.2, 0) is 11.3 Å². The van der Waals surface area contributed by atoms with Crippen molar-refractivity contribution in [2.24, 2.45) is 5.92 Å². The molecule has 1 N–H and O–H groups in total. The number of aryl methyl sites for hydroxylation is 1. The number of hydrogen-bond donors (Lipinski definition) is 1. The van der Waals surface area contributed by atoms with E-state index in [2.05, 4.69) is 9.88 Å². The van der Waals surface area contributed by atoms with Gasteiger partial charge in [0, 0.05) is 31.8 Å². The van der Waals surface area contributed by atoms with E-state index in [1.165, 1.54) is 0 Å². The molecule has 1 aliphatic heterocycles. The summed E-state index contributed by atoms with van der Waals surface area (Å²) in [5.74, 6) is 1.58. The molecule has 17 heavy (non-hydrogen) atoms. The zero-order valence-corrected chi connectivity index (χ0v) is 10.5.